The zero-order valence-corrected chi connectivity index (χ0v) is 12.3. The van der Waals surface area contributed by atoms with Gasteiger partial charge in [-0.25, -0.2) is 0 Å². The van der Waals surface area contributed by atoms with Crippen LogP contribution in [0.5, 0.6) is 0 Å². The Labute approximate surface area is 124 Å². The first-order chi connectivity index (χ1) is 8.65. The highest BCUT2D eigenvalue weighted by atomic mass is 35.5. The molecule has 1 fully saturated rings. The van der Waals surface area contributed by atoms with Crippen molar-refractivity contribution in [1.82, 2.24) is 5.01 Å². The second-order valence-electron chi connectivity index (χ2n) is 4.53. The molecule has 0 bridgehead atoms. The fourth-order valence-corrected chi connectivity index (χ4v) is 1.94. The van der Waals surface area contributed by atoms with Gasteiger partial charge in [0.25, 0.3) is 0 Å². The van der Waals surface area contributed by atoms with Crippen LogP contribution >= 0.6 is 11.6 Å². The molecule has 1 heterocycles. The minimum atomic E-state index is -0.0852. The lowest BCUT2D eigenvalue weighted by atomic mass is 10.1. The van der Waals surface area contributed by atoms with E-state index in [0.717, 1.165) is 26.2 Å². The summed E-state index contributed by atoms with van der Waals surface area (Å²) in [6, 6.07) is 6.85. The molecule has 0 spiro atoms. The summed E-state index contributed by atoms with van der Waals surface area (Å²) < 4.78 is 0. The van der Waals surface area contributed by atoms with Crippen LogP contribution in [-0.2, 0) is 0 Å². The highest BCUT2D eigenvalue weighted by Crippen LogP contribution is 2.09. The molecule has 0 saturated carbocycles. The number of likely N-dealkylation sites (N-methyl/N-ethyl adjacent to an activating group) is 1. The monoisotopic (exact) mass is 301 g/mol. The first kappa shape index (κ1) is 16.0. The summed E-state index contributed by atoms with van der Waals surface area (Å²) in [6.07, 6.45) is 1.39. The first-order valence-corrected chi connectivity index (χ1v) is 6.43. The van der Waals surface area contributed by atoms with Gasteiger partial charge in [-0.05, 0) is 24.3 Å². The molecule has 2 rings (SSSR count). The van der Waals surface area contributed by atoms with Crippen molar-refractivity contribution in [2.75, 3.05) is 33.2 Å². The molecule has 19 heavy (non-hydrogen) atoms. The van der Waals surface area contributed by atoms with Crippen molar-refractivity contribution in [2.45, 2.75) is 0 Å². The van der Waals surface area contributed by atoms with E-state index in [1.165, 1.54) is 11.1 Å². The molecule has 0 unspecified atom stereocenters. The third kappa shape index (κ3) is 4.82. The quantitative estimate of drug-likeness (QED) is 0.489. The highest BCUT2D eigenvalue weighted by Gasteiger charge is 2.14. The summed E-state index contributed by atoms with van der Waals surface area (Å²) >= 11 is 5.77. The van der Waals surface area contributed by atoms with Crippen molar-refractivity contribution >= 4 is 23.6 Å². The number of hydrogen-bond donors (Lipinski definition) is 1. The molecular weight excluding hydrogens is 285 g/mol. The fraction of sp³-hybridized carbons (Fsp3) is 0.385. The summed E-state index contributed by atoms with van der Waals surface area (Å²) in [5.74, 6) is -0.0852. The van der Waals surface area contributed by atoms with Gasteiger partial charge < -0.3 is 17.3 Å². The third-order valence-electron chi connectivity index (χ3n) is 3.06. The lowest BCUT2D eigenvalue weighted by Gasteiger charge is -2.27. The normalized spacial score (nSPS) is 16.4. The van der Waals surface area contributed by atoms with Crippen LogP contribution in [0.4, 0.5) is 0 Å². The first-order valence-electron chi connectivity index (χ1n) is 6.05. The van der Waals surface area contributed by atoms with Crippen LogP contribution in [0.2, 0.25) is 5.02 Å². The smallest absolute Gasteiger partial charge is 0.205 e. The Kier molecular flexibility index (Phi) is 6.28. The van der Waals surface area contributed by atoms with Gasteiger partial charge in [-0.15, -0.1) is 0 Å². The molecule has 0 aromatic heterocycles. The van der Waals surface area contributed by atoms with Crippen molar-refractivity contribution in [3.8, 4) is 0 Å². The van der Waals surface area contributed by atoms with Crippen molar-refractivity contribution in [3.05, 3.63) is 34.9 Å². The number of hydrogen-bond acceptors (Lipinski definition) is 3. The minimum absolute atomic E-state index is 0. The van der Waals surface area contributed by atoms with Gasteiger partial charge in [-0.2, -0.15) is 5.10 Å². The predicted octanol–water partition coefficient (Wildman–Crippen LogP) is -2.66. The number of halogens is 2. The number of carbonyl (C=O) groups is 1. The predicted molar refractivity (Wildman–Crippen MR) is 72.5 cm³/mol. The number of piperazine rings is 1. The van der Waals surface area contributed by atoms with Crippen LogP contribution in [0.15, 0.2) is 29.4 Å². The second-order valence-corrected chi connectivity index (χ2v) is 4.96. The molecule has 1 aliphatic heterocycles. The number of ketones is 1. The molecule has 1 aromatic rings. The number of quaternary nitrogens is 1. The van der Waals surface area contributed by atoms with Crippen LogP contribution in [0, 0.1) is 0 Å². The van der Waals surface area contributed by atoms with Gasteiger partial charge in [0.05, 0.1) is 39.4 Å². The zero-order chi connectivity index (χ0) is 13.0. The number of carbonyl (C=O) groups excluding carboxylic acids is 1. The maximum Gasteiger partial charge on any atom is 0.205 e. The molecule has 0 amide bonds. The molecular formula is C13H17Cl2N3O. The summed E-state index contributed by atoms with van der Waals surface area (Å²) in [5, 5.41) is 6.80. The Hall–Kier alpha value is -1.10. The molecule has 104 valence electrons. The van der Waals surface area contributed by atoms with Crippen LogP contribution in [0.25, 0.3) is 0 Å². The fourth-order valence-electron chi connectivity index (χ4n) is 1.81. The van der Waals surface area contributed by atoms with E-state index in [-0.39, 0.29) is 18.2 Å². The van der Waals surface area contributed by atoms with Gasteiger partial charge in [0, 0.05) is 10.6 Å². The summed E-state index contributed by atoms with van der Waals surface area (Å²) in [6.45, 7) is 3.92. The van der Waals surface area contributed by atoms with E-state index >= 15 is 0 Å². The van der Waals surface area contributed by atoms with Crippen molar-refractivity contribution < 1.29 is 22.1 Å². The van der Waals surface area contributed by atoms with E-state index in [2.05, 4.69) is 12.1 Å². The number of nitrogens with one attached hydrogen (secondary N) is 1. The molecule has 4 nitrogen and oxygen atoms in total. The second kappa shape index (κ2) is 7.48. The maximum absolute atomic E-state index is 11.8. The van der Waals surface area contributed by atoms with Gasteiger partial charge in [0.15, 0.2) is 0 Å². The number of rotatable bonds is 3. The highest BCUT2D eigenvalue weighted by molar-refractivity contribution is 6.35. The van der Waals surface area contributed by atoms with Gasteiger partial charge >= 0.3 is 0 Å². The van der Waals surface area contributed by atoms with Crippen LogP contribution in [-0.4, -0.2) is 50.2 Å². The number of hydrazone groups is 1. The molecule has 1 aliphatic rings. The standard InChI is InChI=1S/C13H16ClN3O.ClH/c1-16-6-8-17(9-7-16)15-10-13(18)11-2-4-12(14)5-3-11;/h2-5,10H,6-9H2,1H3;1H/b15-10+;. The average molecular weight is 302 g/mol. The van der Waals surface area contributed by atoms with Gasteiger partial charge in [-0.3, -0.25) is 9.80 Å². The summed E-state index contributed by atoms with van der Waals surface area (Å²) in [4.78, 5) is 13.3. The minimum Gasteiger partial charge on any atom is -1.00 e. The van der Waals surface area contributed by atoms with E-state index in [0.29, 0.717) is 10.6 Å². The molecule has 0 aliphatic carbocycles. The third-order valence-corrected chi connectivity index (χ3v) is 3.31. The Balaban J connectivity index is 0.00000180. The SMILES string of the molecule is C[NH+]1CCN(/N=C/C(=O)c2ccc(Cl)cc2)CC1.[Cl-]. The van der Waals surface area contributed by atoms with E-state index in [1.54, 1.807) is 24.3 Å². The molecule has 0 radical (unpaired) electrons. The number of Topliss-reactive ketones (excluding diaryl/α,β-unsaturated/α-hetero) is 1. The van der Waals surface area contributed by atoms with Crippen molar-refractivity contribution in [1.29, 1.82) is 0 Å². The summed E-state index contributed by atoms with van der Waals surface area (Å²) in [5.41, 5.74) is 0.614. The number of nitrogens with zero attached hydrogens (tertiary/aromatic N) is 2. The zero-order valence-electron chi connectivity index (χ0n) is 10.8. The van der Waals surface area contributed by atoms with E-state index < -0.39 is 0 Å². The Morgan fingerprint density at radius 2 is 1.89 bits per heavy atom. The molecule has 0 atom stereocenters. The molecule has 1 saturated heterocycles. The van der Waals surface area contributed by atoms with Gasteiger partial charge in [0.1, 0.15) is 0 Å². The van der Waals surface area contributed by atoms with E-state index in [4.69, 9.17) is 11.6 Å². The lowest BCUT2D eigenvalue weighted by molar-refractivity contribution is -0.884. The lowest BCUT2D eigenvalue weighted by Crippen LogP contribution is -3.11. The Bertz CT molecular complexity index is 440. The topological polar surface area (TPSA) is 37.1 Å². The number of benzene rings is 1. The van der Waals surface area contributed by atoms with E-state index in [1.807, 2.05) is 5.01 Å². The van der Waals surface area contributed by atoms with Crippen LogP contribution in [0.3, 0.4) is 0 Å². The largest absolute Gasteiger partial charge is 1.00 e. The van der Waals surface area contributed by atoms with Gasteiger partial charge in [0.2, 0.25) is 5.78 Å². The van der Waals surface area contributed by atoms with Crippen molar-refractivity contribution in [2.24, 2.45) is 5.10 Å². The summed E-state index contributed by atoms with van der Waals surface area (Å²) in [7, 11) is 2.17. The van der Waals surface area contributed by atoms with Crippen molar-refractivity contribution in [3.63, 3.8) is 0 Å². The Morgan fingerprint density at radius 3 is 2.47 bits per heavy atom. The van der Waals surface area contributed by atoms with E-state index in [9.17, 15) is 4.79 Å². The van der Waals surface area contributed by atoms with Crippen LogP contribution < -0.4 is 17.3 Å². The Morgan fingerprint density at radius 1 is 1.32 bits per heavy atom. The van der Waals surface area contributed by atoms with Crippen LogP contribution in [0.1, 0.15) is 10.4 Å². The average Bonchev–Trinajstić information content (AvgIpc) is 2.38. The maximum atomic E-state index is 11.8. The molecule has 6 heteroatoms. The molecule has 1 aromatic carbocycles. The molecule has 1 N–H and O–H groups in total. The van der Waals surface area contributed by atoms with Gasteiger partial charge in [-0.1, -0.05) is 11.6 Å².